The van der Waals surface area contributed by atoms with Crippen LogP contribution >= 0.6 is 19.4 Å². The minimum Gasteiger partial charge on any atom is -0.475 e. The maximum atomic E-state index is 13.1. The molecule has 2 aliphatic rings. The van der Waals surface area contributed by atoms with Crippen LogP contribution in [0.4, 0.5) is 19.0 Å². The molecule has 0 unspecified atom stereocenters. The van der Waals surface area contributed by atoms with Crippen LogP contribution in [-0.4, -0.2) is 73.0 Å². The van der Waals surface area contributed by atoms with Crippen molar-refractivity contribution in [3.63, 3.8) is 0 Å². The molecular formula is C23H25ClF3N4O9P. The lowest BCUT2D eigenvalue weighted by atomic mass is 9.96. The minimum absolute atomic E-state index is 0.162. The van der Waals surface area contributed by atoms with Crippen LogP contribution in [0, 0.1) is 0 Å². The van der Waals surface area contributed by atoms with Gasteiger partial charge in [0.15, 0.2) is 6.23 Å². The number of nitrogen functional groups attached to an aromatic ring is 1. The summed E-state index contributed by atoms with van der Waals surface area (Å²) in [5, 5.41) is 30.1. The number of aliphatic hydroxyl groups is 2. The Morgan fingerprint density at radius 3 is 2.59 bits per heavy atom. The van der Waals surface area contributed by atoms with Crippen LogP contribution in [0.15, 0.2) is 42.9 Å². The summed E-state index contributed by atoms with van der Waals surface area (Å²) in [6, 6.07) is 8.70. The Morgan fingerprint density at radius 2 is 1.95 bits per heavy atom. The molecule has 2 aliphatic heterocycles. The summed E-state index contributed by atoms with van der Waals surface area (Å²) in [6.45, 7) is 1.26. The number of hydrogen-bond donors (Lipinski definition) is 4. The van der Waals surface area contributed by atoms with Gasteiger partial charge in [0.05, 0.1) is 24.7 Å². The monoisotopic (exact) mass is 624 g/mol. The van der Waals surface area contributed by atoms with Gasteiger partial charge in [-0.1, -0.05) is 23.7 Å². The minimum atomic E-state index is -5.08. The van der Waals surface area contributed by atoms with Gasteiger partial charge in [-0.2, -0.15) is 13.2 Å². The SMILES string of the molecule is C[C@@]1(O)[C@H](O)[C@@H](CO[P@@]2(=O)OCC[C@@H](c3ccc(Cl)cc3)O2)O[C@H]1n1ccc2c(N)ncnc21.O=C(O)C(F)(F)F. The van der Waals surface area contributed by atoms with Gasteiger partial charge in [-0.15, -0.1) is 0 Å². The number of nitrogens with two attached hydrogens (primary N) is 1. The first kappa shape index (κ1) is 31.1. The molecule has 5 N–H and O–H groups in total. The highest BCUT2D eigenvalue weighted by molar-refractivity contribution is 7.48. The number of anilines is 1. The van der Waals surface area contributed by atoms with Crippen LogP contribution in [0.5, 0.6) is 0 Å². The zero-order chi connectivity index (χ0) is 30.2. The number of hydrogen-bond acceptors (Lipinski definition) is 11. The largest absolute Gasteiger partial charge is 0.490 e. The maximum Gasteiger partial charge on any atom is 0.490 e. The fourth-order valence-corrected chi connectivity index (χ4v) is 5.72. The molecular weight excluding hydrogens is 600 g/mol. The number of benzene rings is 1. The molecule has 2 aromatic heterocycles. The van der Waals surface area contributed by atoms with Gasteiger partial charge in [-0.25, -0.2) is 19.3 Å². The van der Waals surface area contributed by atoms with Crippen molar-refractivity contribution >= 4 is 42.2 Å². The van der Waals surface area contributed by atoms with Crippen molar-refractivity contribution in [2.45, 2.75) is 49.7 Å². The Labute approximate surface area is 235 Å². The van der Waals surface area contributed by atoms with Crippen LogP contribution < -0.4 is 5.73 Å². The molecule has 13 nitrogen and oxygen atoms in total. The molecule has 0 aliphatic carbocycles. The molecule has 0 bridgehead atoms. The maximum absolute atomic E-state index is 13.1. The quantitative estimate of drug-likeness (QED) is 0.302. The molecule has 1 aromatic carbocycles. The molecule has 41 heavy (non-hydrogen) atoms. The number of halogens is 4. The second-order valence-corrected chi connectivity index (χ2v) is 11.3. The Bertz CT molecular complexity index is 1440. The molecule has 4 heterocycles. The van der Waals surface area contributed by atoms with Crippen LogP contribution in [-0.2, 0) is 27.7 Å². The van der Waals surface area contributed by atoms with Crippen LogP contribution in [0.1, 0.15) is 31.2 Å². The Balaban J connectivity index is 0.000000493. The summed E-state index contributed by atoms with van der Waals surface area (Å²) in [5.74, 6) is -2.48. The van der Waals surface area contributed by atoms with E-state index < -0.39 is 50.1 Å². The van der Waals surface area contributed by atoms with Gasteiger partial charge in [0.25, 0.3) is 0 Å². The number of alkyl halides is 3. The first-order valence-electron chi connectivity index (χ1n) is 11.9. The number of nitrogens with zero attached hydrogens (tertiary/aromatic N) is 3. The predicted octanol–water partition coefficient (Wildman–Crippen LogP) is 3.61. The van der Waals surface area contributed by atoms with Crippen LogP contribution in [0.3, 0.4) is 0 Å². The number of aliphatic hydroxyl groups excluding tert-OH is 1. The first-order valence-corrected chi connectivity index (χ1v) is 13.7. The standard InChI is InChI=1S/C21H24ClN4O7P.C2HF3O2/c1-21(28)17(27)16(32-20(21)26-8-6-14-18(23)24-11-25-19(14)26)10-31-34(29)30-9-7-15(33-34)12-2-4-13(22)5-3-12;3-2(4,5)1(6)7/h2-6,8,11,15-17,20,27-28H,7,9-10H2,1H3,(H2,23,24,25);(H,6,7)/t15-,16+,17+,20+,21+,34+;/m0./s1. The van der Waals surface area contributed by atoms with Crippen molar-refractivity contribution in [3.05, 3.63) is 53.4 Å². The zero-order valence-corrected chi connectivity index (χ0v) is 22.8. The summed E-state index contributed by atoms with van der Waals surface area (Å²) in [6.07, 6.45) is -5.56. The second-order valence-electron chi connectivity index (χ2n) is 9.23. The molecule has 3 aromatic rings. The van der Waals surface area contributed by atoms with Crippen molar-refractivity contribution in [1.29, 1.82) is 0 Å². The van der Waals surface area contributed by atoms with Gasteiger partial charge in [0.2, 0.25) is 0 Å². The Hall–Kier alpha value is -2.82. The van der Waals surface area contributed by atoms with E-state index in [4.69, 9.17) is 45.5 Å². The highest BCUT2D eigenvalue weighted by Gasteiger charge is 2.54. The third kappa shape index (κ3) is 6.81. The normalized spacial score (nSPS) is 30.1. The predicted molar refractivity (Wildman–Crippen MR) is 136 cm³/mol. The topological polar surface area (TPSA) is 188 Å². The van der Waals surface area contributed by atoms with E-state index in [9.17, 15) is 27.9 Å². The number of aliphatic carboxylic acids is 1. The Kier molecular flexibility index (Phi) is 8.97. The number of phosphoric ester groups is 1. The molecule has 224 valence electrons. The smallest absolute Gasteiger partial charge is 0.475 e. The number of rotatable bonds is 5. The fraction of sp³-hybridized carbons (Fsp3) is 0.435. The van der Waals surface area contributed by atoms with Crippen molar-refractivity contribution in [2.24, 2.45) is 0 Å². The number of carbonyl (C=O) groups is 1. The molecule has 0 radical (unpaired) electrons. The van der Waals surface area contributed by atoms with Gasteiger partial charge >= 0.3 is 20.0 Å². The summed E-state index contributed by atoms with van der Waals surface area (Å²) in [7, 11) is -3.94. The zero-order valence-electron chi connectivity index (χ0n) is 21.1. The third-order valence-electron chi connectivity index (χ3n) is 6.31. The van der Waals surface area contributed by atoms with E-state index in [0.29, 0.717) is 22.5 Å². The molecule has 6 atom stereocenters. The first-order chi connectivity index (χ1) is 19.1. The molecule has 18 heteroatoms. The fourth-order valence-electron chi connectivity index (χ4n) is 4.21. The summed E-state index contributed by atoms with van der Waals surface area (Å²) < 4.78 is 68.8. The highest BCUT2D eigenvalue weighted by atomic mass is 35.5. The Morgan fingerprint density at radius 1 is 1.29 bits per heavy atom. The number of aromatic nitrogens is 3. The molecule has 0 spiro atoms. The lowest BCUT2D eigenvalue weighted by Gasteiger charge is -2.30. The van der Waals surface area contributed by atoms with Crippen molar-refractivity contribution < 1.29 is 56.2 Å². The highest BCUT2D eigenvalue weighted by Crippen LogP contribution is 2.57. The van der Waals surface area contributed by atoms with Crippen molar-refractivity contribution in [1.82, 2.24) is 14.5 Å². The summed E-state index contributed by atoms with van der Waals surface area (Å²) >= 11 is 5.94. The van der Waals surface area contributed by atoms with Crippen LogP contribution in [0.25, 0.3) is 11.0 Å². The summed E-state index contributed by atoms with van der Waals surface area (Å²) in [5.41, 5.74) is 5.40. The van der Waals surface area contributed by atoms with Gasteiger partial charge in [0, 0.05) is 17.6 Å². The van der Waals surface area contributed by atoms with Crippen LogP contribution in [0.2, 0.25) is 5.02 Å². The van der Waals surface area contributed by atoms with E-state index >= 15 is 0 Å². The summed E-state index contributed by atoms with van der Waals surface area (Å²) in [4.78, 5) is 17.1. The average molecular weight is 625 g/mol. The molecule has 2 fully saturated rings. The van der Waals surface area contributed by atoms with E-state index in [1.54, 1.807) is 41.1 Å². The number of carboxylic acid groups (broad SMARTS) is 1. The number of carboxylic acids is 1. The molecule has 0 saturated carbocycles. The number of fused-ring (bicyclic) bond motifs is 1. The van der Waals surface area contributed by atoms with E-state index in [1.165, 1.54) is 13.3 Å². The van der Waals surface area contributed by atoms with Crippen molar-refractivity contribution in [2.75, 3.05) is 18.9 Å². The molecule has 2 saturated heterocycles. The van der Waals surface area contributed by atoms with Gasteiger partial charge in [0.1, 0.15) is 35.6 Å². The van der Waals surface area contributed by atoms with E-state index in [2.05, 4.69) is 9.97 Å². The number of phosphoric acid groups is 1. The van der Waals surface area contributed by atoms with Gasteiger partial charge in [-0.05, 0) is 30.7 Å². The third-order valence-corrected chi connectivity index (χ3v) is 8.04. The number of ether oxygens (including phenoxy) is 1. The van der Waals surface area contributed by atoms with Gasteiger partial charge in [-0.3, -0.25) is 13.6 Å². The van der Waals surface area contributed by atoms with Gasteiger partial charge < -0.3 is 30.4 Å². The van der Waals surface area contributed by atoms with E-state index in [0.717, 1.165) is 5.56 Å². The van der Waals surface area contributed by atoms with E-state index in [1.807, 2.05) is 0 Å². The van der Waals surface area contributed by atoms with Crippen molar-refractivity contribution in [3.8, 4) is 0 Å². The van der Waals surface area contributed by atoms with E-state index in [-0.39, 0.29) is 19.0 Å². The molecule has 5 rings (SSSR count). The lowest BCUT2D eigenvalue weighted by Crippen LogP contribution is -2.44. The lowest BCUT2D eigenvalue weighted by molar-refractivity contribution is -0.192. The molecule has 0 amide bonds. The second kappa shape index (κ2) is 11.8. The average Bonchev–Trinajstić information content (AvgIpc) is 3.42.